The molecule has 6 N–H and O–H groups in total. The van der Waals surface area contributed by atoms with Crippen LogP contribution in [0.1, 0.15) is 6.92 Å². The Morgan fingerprint density at radius 2 is 1.86 bits per heavy atom. The maximum Gasteiger partial charge on any atom is 0.332 e. The minimum Gasteiger partial charge on any atom is -0.479 e. The molecule has 0 saturated carbocycles. The summed E-state index contributed by atoms with van der Waals surface area (Å²) in [6.45, 7) is 1.20. The molecule has 0 aliphatic rings. The highest BCUT2D eigenvalue weighted by Gasteiger charge is 2.01. The zero-order chi connectivity index (χ0) is 5.15. The molecule has 0 heterocycles. The second kappa shape index (κ2) is 3.58. The molecule has 4 nitrogen and oxygen atoms in total. The quantitative estimate of drug-likeness (QED) is 0.435. The predicted octanol–water partition coefficient (Wildman–Crippen LogP) is -0.172. The van der Waals surface area contributed by atoms with E-state index in [1.165, 1.54) is 6.92 Å². The van der Waals surface area contributed by atoms with Gasteiger partial charge in [-0.2, -0.15) is 0 Å². The first-order valence-corrected chi connectivity index (χ1v) is 1.55. The van der Waals surface area contributed by atoms with Gasteiger partial charge in [-0.3, -0.25) is 0 Å². The number of hydrogen-bond acceptors (Lipinski definition) is 2. The van der Waals surface area contributed by atoms with Crippen LogP contribution in [0.5, 0.6) is 0 Å². The lowest BCUT2D eigenvalue weighted by molar-refractivity contribution is -0.145. The summed E-state index contributed by atoms with van der Waals surface area (Å²) < 4.78 is 0. The molecule has 0 aromatic heterocycles. The van der Waals surface area contributed by atoms with Crippen molar-refractivity contribution in [3.8, 4) is 0 Å². The van der Waals surface area contributed by atoms with Crippen LogP contribution >= 0.6 is 0 Å². The van der Waals surface area contributed by atoms with Crippen molar-refractivity contribution in [2.75, 3.05) is 0 Å². The zero-order valence-electron chi connectivity index (χ0n) is 4.38. The highest BCUT2D eigenvalue weighted by Crippen LogP contribution is 1.73. The molecule has 0 amide bonds. The van der Waals surface area contributed by atoms with Gasteiger partial charge in [0.05, 0.1) is 0 Å². The van der Waals surface area contributed by atoms with Gasteiger partial charge in [0.1, 0.15) is 6.10 Å². The van der Waals surface area contributed by atoms with Crippen molar-refractivity contribution in [1.29, 1.82) is 0 Å². The lowest BCUT2D eigenvalue weighted by Crippen LogP contribution is -2.13. The van der Waals surface area contributed by atoms with E-state index in [4.69, 9.17) is 10.2 Å². The third-order valence-corrected chi connectivity index (χ3v) is 0.357. The Kier molecular flexibility index (Phi) is 4.92. The van der Waals surface area contributed by atoms with Crippen LogP contribution in [0.15, 0.2) is 0 Å². The highest BCUT2D eigenvalue weighted by molar-refractivity contribution is 5.71. The van der Waals surface area contributed by atoms with Crippen molar-refractivity contribution in [3.05, 3.63) is 0 Å². The van der Waals surface area contributed by atoms with Crippen LogP contribution in [0.3, 0.4) is 0 Å². The molecule has 0 aromatic rings. The number of aliphatic hydroxyl groups excluding tert-OH is 1. The number of carboxylic acid groups (broad SMARTS) is 1. The van der Waals surface area contributed by atoms with Gasteiger partial charge in [0.15, 0.2) is 0 Å². The molecular weight excluding hydrogens is 98.0 g/mol. The maximum atomic E-state index is 9.45. The molecule has 44 valence electrons. The van der Waals surface area contributed by atoms with E-state index in [9.17, 15) is 4.79 Å². The fourth-order valence-corrected chi connectivity index (χ4v) is 0. The standard InChI is InChI=1S/C3H6O3.H3N/c1-2(4)3(5)6;/h2,4H,1H3,(H,5,6);1H3/p+1/t2-;/m1./s1. The minimum absolute atomic E-state index is 0. The van der Waals surface area contributed by atoms with Gasteiger partial charge in [-0.15, -0.1) is 0 Å². The molecule has 0 fully saturated rings. The van der Waals surface area contributed by atoms with Crippen LogP contribution in [0.4, 0.5) is 0 Å². The Labute approximate surface area is 41.4 Å². The van der Waals surface area contributed by atoms with Crippen LogP contribution in [0.25, 0.3) is 0 Å². The molecule has 0 saturated heterocycles. The molecule has 0 unspecified atom stereocenters. The second-order valence-electron chi connectivity index (χ2n) is 1.01. The average molecular weight is 108 g/mol. The van der Waals surface area contributed by atoms with Crippen LogP contribution in [0.2, 0.25) is 0 Å². The summed E-state index contributed by atoms with van der Waals surface area (Å²) in [4.78, 5) is 9.45. The summed E-state index contributed by atoms with van der Waals surface area (Å²) in [5.74, 6) is -1.19. The molecule has 0 bridgehead atoms. The van der Waals surface area contributed by atoms with Gasteiger partial charge in [-0.25, -0.2) is 4.79 Å². The minimum atomic E-state index is -1.23. The molecule has 7 heavy (non-hydrogen) atoms. The van der Waals surface area contributed by atoms with E-state index in [0.29, 0.717) is 0 Å². The second-order valence-corrected chi connectivity index (χ2v) is 1.01. The third-order valence-electron chi connectivity index (χ3n) is 0.357. The summed E-state index contributed by atoms with van der Waals surface area (Å²) in [7, 11) is 0. The lowest BCUT2D eigenvalue weighted by atomic mass is 10.4. The lowest BCUT2D eigenvalue weighted by Gasteiger charge is -1.89. The number of hydrogen-bond donors (Lipinski definition) is 3. The third kappa shape index (κ3) is 5.39. The summed E-state index contributed by atoms with van der Waals surface area (Å²) in [5.41, 5.74) is 0. The van der Waals surface area contributed by atoms with E-state index in [0.717, 1.165) is 0 Å². The first-order valence-electron chi connectivity index (χ1n) is 1.55. The Balaban J connectivity index is 0. The monoisotopic (exact) mass is 108 g/mol. The van der Waals surface area contributed by atoms with Crippen molar-refractivity contribution in [1.82, 2.24) is 6.15 Å². The van der Waals surface area contributed by atoms with Gasteiger partial charge >= 0.3 is 5.97 Å². The average Bonchev–Trinajstić information content (AvgIpc) is 1.36. The maximum absolute atomic E-state index is 9.45. The number of aliphatic carboxylic acids is 1. The highest BCUT2D eigenvalue weighted by atomic mass is 16.4. The number of carbonyl (C=O) groups is 1. The summed E-state index contributed by atoms with van der Waals surface area (Å²) >= 11 is 0. The van der Waals surface area contributed by atoms with Gasteiger partial charge < -0.3 is 16.4 Å². The number of rotatable bonds is 1. The van der Waals surface area contributed by atoms with Crippen LogP contribution in [-0.2, 0) is 4.79 Å². The smallest absolute Gasteiger partial charge is 0.332 e. The van der Waals surface area contributed by atoms with Crippen molar-refractivity contribution in [2.24, 2.45) is 0 Å². The Bertz CT molecular complexity index is 61.2. The van der Waals surface area contributed by atoms with Gasteiger partial charge in [0, 0.05) is 0 Å². The fourth-order valence-electron chi connectivity index (χ4n) is 0. The van der Waals surface area contributed by atoms with Crippen molar-refractivity contribution in [3.63, 3.8) is 0 Å². The van der Waals surface area contributed by atoms with E-state index >= 15 is 0 Å². The van der Waals surface area contributed by atoms with Gasteiger partial charge in [0.25, 0.3) is 0 Å². The van der Waals surface area contributed by atoms with Crippen molar-refractivity contribution >= 4 is 5.97 Å². The Morgan fingerprint density at radius 1 is 1.71 bits per heavy atom. The number of carboxylic acids is 1. The molecule has 1 atom stereocenters. The topological polar surface area (TPSA) is 94.0 Å². The first kappa shape index (κ1) is 9.63. The molecule has 0 aliphatic carbocycles. The summed E-state index contributed by atoms with van der Waals surface area (Å²) in [5, 5.41) is 15.8. The normalized spacial score (nSPS) is 11.7. The molecular formula is C3H10NO3+. The van der Waals surface area contributed by atoms with Crippen LogP contribution in [-0.4, -0.2) is 22.3 Å². The van der Waals surface area contributed by atoms with E-state index in [2.05, 4.69) is 0 Å². The SMILES string of the molecule is C[C@@H](O)C(=O)O.[NH4+]. The van der Waals surface area contributed by atoms with Crippen LogP contribution < -0.4 is 6.15 Å². The predicted molar refractivity (Wildman–Crippen MR) is 25.3 cm³/mol. The largest absolute Gasteiger partial charge is 0.479 e. The van der Waals surface area contributed by atoms with Gasteiger partial charge in [-0.1, -0.05) is 0 Å². The summed E-state index contributed by atoms with van der Waals surface area (Å²) in [6.07, 6.45) is -1.23. The van der Waals surface area contributed by atoms with Crippen molar-refractivity contribution in [2.45, 2.75) is 13.0 Å². The van der Waals surface area contributed by atoms with E-state index < -0.39 is 12.1 Å². The van der Waals surface area contributed by atoms with Gasteiger partial charge in [-0.05, 0) is 6.92 Å². The molecule has 0 spiro atoms. The van der Waals surface area contributed by atoms with E-state index in [1.807, 2.05) is 0 Å². The van der Waals surface area contributed by atoms with E-state index in [1.54, 1.807) is 0 Å². The fraction of sp³-hybridized carbons (Fsp3) is 0.667. The van der Waals surface area contributed by atoms with Gasteiger partial charge in [0.2, 0.25) is 0 Å². The van der Waals surface area contributed by atoms with Crippen molar-refractivity contribution < 1.29 is 15.0 Å². The Hall–Kier alpha value is -0.610. The number of aliphatic hydroxyl groups is 1. The molecule has 4 heteroatoms. The Morgan fingerprint density at radius 3 is 1.86 bits per heavy atom. The summed E-state index contributed by atoms with van der Waals surface area (Å²) in [6, 6.07) is 0. The van der Waals surface area contributed by atoms with Crippen LogP contribution in [0, 0.1) is 0 Å². The molecule has 0 radical (unpaired) electrons. The number of quaternary nitrogens is 1. The molecule has 0 rings (SSSR count). The first-order chi connectivity index (χ1) is 2.64. The van der Waals surface area contributed by atoms with E-state index in [-0.39, 0.29) is 6.15 Å². The molecule has 0 aliphatic heterocycles. The molecule has 0 aromatic carbocycles. The zero-order valence-corrected chi connectivity index (χ0v) is 4.38.